The van der Waals surface area contributed by atoms with Crippen LogP contribution in [0.25, 0.3) is 0 Å². The molecule has 9 heteroatoms. The fourth-order valence-corrected chi connectivity index (χ4v) is 2.11. The number of halogens is 3. The summed E-state index contributed by atoms with van der Waals surface area (Å²) in [4.78, 5) is -0.324. The molecule has 0 spiro atoms. The zero-order valence-corrected chi connectivity index (χ0v) is 10.2. The van der Waals surface area contributed by atoms with Crippen LogP contribution in [0.4, 0.5) is 18.9 Å². The van der Waals surface area contributed by atoms with Crippen LogP contribution in [0.15, 0.2) is 34.3 Å². The minimum Gasteiger partial charge on any atom is -0.282 e. The van der Waals surface area contributed by atoms with E-state index in [9.17, 15) is 21.6 Å². The second-order valence-electron chi connectivity index (χ2n) is 3.89. The molecule has 19 heavy (non-hydrogen) atoms. The van der Waals surface area contributed by atoms with Gasteiger partial charge in [-0.1, -0.05) is 0 Å². The molecule has 0 aromatic heterocycles. The van der Waals surface area contributed by atoms with E-state index in [0.29, 0.717) is 5.69 Å². The maximum atomic E-state index is 12.4. The Labute approximate surface area is 107 Å². The molecule has 0 fully saturated rings. The highest BCUT2D eigenvalue weighted by Gasteiger charge is 2.39. The summed E-state index contributed by atoms with van der Waals surface area (Å²) < 4.78 is 67.6. The smallest absolute Gasteiger partial charge is 0.282 e. The Morgan fingerprint density at radius 3 is 2.21 bits per heavy atom. The molecule has 0 aliphatic carbocycles. The molecule has 1 aromatic rings. The van der Waals surface area contributed by atoms with Gasteiger partial charge >= 0.3 is 6.18 Å². The van der Waals surface area contributed by atoms with Crippen LogP contribution in [-0.2, 0) is 10.1 Å². The van der Waals surface area contributed by atoms with Crippen LogP contribution in [0.1, 0.15) is 6.42 Å². The third kappa shape index (κ3) is 3.04. The number of hydrazone groups is 1. The van der Waals surface area contributed by atoms with Crippen LogP contribution in [-0.4, -0.2) is 31.4 Å². The Bertz CT molecular complexity index is 608. The first-order valence-electron chi connectivity index (χ1n) is 5.18. The Morgan fingerprint density at radius 2 is 1.79 bits per heavy atom. The lowest BCUT2D eigenvalue weighted by atomic mass is 10.2. The lowest BCUT2D eigenvalue weighted by Crippen LogP contribution is -2.20. The normalized spacial score (nSPS) is 16.6. The van der Waals surface area contributed by atoms with E-state index in [0.717, 1.165) is 17.1 Å². The zero-order chi connectivity index (χ0) is 14.3. The molecule has 1 aromatic carbocycles. The minimum atomic E-state index is -4.46. The van der Waals surface area contributed by atoms with Crippen molar-refractivity contribution in [2.75, 3.05) is 11.6 Å². The number of anilines is 1. The van der Waals surface area contributed by atoms with Crippen molar-refractivity contribution in [2.45, 2.75) is 17.5 Å². The van der Waals surface area contributed by atoms with Gasteiger partial charge in [0.25, 0.3) is 10.1 Å². The fraction of sp³-hybridized carbons (Fsp3) is 0.300. The zero-order valence-electron chi connectivity index (χ0n) is 9.42. The van der Waals surface area contributed by atoms with Gasteiger partial charge in [0.1, 0.15) is 5.71 Å². The summed E-state index contributed by atoms with van der Waals surface area (Å²) in [7, 11) is -4.31. The van der Waals surface area contributed by atoms with Crippen LogP contribution in [0, 0.1) is 0 Å². The van der Waals surface area contributed by atoms with Crippen LogP contribution >= 0.6 is 0 Å². The molecular weight excluding hydrogens is 285 g/mol. The van der Waals surface area contributed by atoms with Gasteiger partial charge in [0.15, 0.2) is 0 Å². The molecule has 104 valence electrons. The van der Waals surface area contributed by atoms with Crippen LogP contribution in [0.5, 0.6) is 0 Å². The molecule has 5 nitrogen and oxygen atoms in total. The number of nitrogens with zero attached hydrogens (tertiary/aromatic N) is 2. The first-order valence-corrected chi connectivity index (χ1v) is 6.62. The maximum absolute atomic E-state index is 12.4. The van der Waals surface area contributed by atoms with Gasteiger partial charge in [-0.05, 0) is 24.3 Å². The first kappa shape index (κ1) is 13.8. The summed E-state index contributed by atoms with van der Waals surface area (Å²) in [5.41, 5.74) is -0.544. The van der Waals surface area contributed by atoms with Crippen molar-refractivity contribution in [2.24, 2.45) is 5.10 Å². The van der Waals surface area contributed by atoms with E-state index in [2.05, 4.69) is 5.10 Å². The highest BCUT2D eigenvalue weighted by atomic mass is 32.2. The van der Waals surface area contributed by atoms with E-state index in [-0.39, 0.29) is 17.9 Å². The van der Waals surface area contributed by atoms with Crippen LogP contribution < -0.4 is 5.01 Å². The summed E-state index contributed by atoms with van der Waals surface area (Å²) >= 11 is 0. The predicted molar refractivity (Wildman–Crippen MR) is 61.7 cm³/mol. The minimum absolute atomic E-state index is 0.0695. The third-order valence-corrected chi connectivity index (χ3v) is 3.43. The van der Waals surface area contributed by atoms with E-state index >= 15 is 0 Å². The van der Waals surface area contributed by atoms with E-state index in [4.69, 9.17) is 4.55 Å². The number of hydrogen-bond donors (Lipinski definition) is 1. The number of rotatable bonds is 2. The molecule has 0 bridgehead atoms. The molecule has 2 rings (SSSR count). The van der Waals surface area contributed by atoms with Gasteiger partial charge < -0.3 is 0 Å². The van der Waals surface area contributed by atoms with Gasteiger partial charge in [0, 0.05) is 13.0 Å². The van der Waals surface area contributed by atoms with Gasteiger partial charge in [-0.3, -0.25) is 9.56 Å². The van der Waals surface area contributed by atoms with Crippen molar-refractivity contribution >= 4 is 21.5 Å². The molecule has 1 heterocycles. The van der Waals surface area contributed by atoms with E-state index < -0.39 is 22.0 Å². The summed E-state index contributed by atoms with van der Waals surface area (Å²) in [5, 5.41) is 4.57. The molecule has 0 saturated carbocycles. The average molecular weight is 294 g/mol. The van der Waals surface area contributed by atoms with Crippen molar-refractivity contribution in [1.82, 2.24) is 0 Å². The number of hydrogen-bond acceptors (Lipinski definition) is 4. The van der Waals surface area contributed by atoms with E-state index in [1.54, 1.807) is 0 Å². The highest BCUT2D eigenvalue weighted by Crippen LogP contribution is 2.27. The number of benzene rings is 1. The number of alkyl halides is 3. The van der Waals surface area contributed by atoms with Crippen molar-refractivity contribution in [3.63, 3.8) is 0 Å². The fourth-order valence-electron chi connectivity index (χ4n) is 1.63. The Kier molecular flexibility index (Phi) is 3.27. The Hall–Kier alpha value is -1.61. The van der Waals surface area contributed by atoms with Crippen molar-refractivity contribution < 1.29 is 26.1 Å². The molecule has 0 unspecified atom stereocenters. The molecule has 1 N–H and O–H groups in total. The second-order valence-corrected chi connectivity index (χ2v) is 5.31. The van der Waals surface area contributed by atoms with Crippen LogP contribution in [0.3, 0.4) is 0 Å². The predicted octanol–water partition coefficient (Wildman–Crippen LogP) is 2.06. The lowest BCUT2D eigenvalue weighted by molar-refractivity contribution is -0.0598. The van der Waals surface area contributed by atoms with Crippen molar-refractivity contribution in [3.05, 3.63) is 24.3 Å². The van der Waals surface area contributed by atoms with E-state index in [1.165, 1.54) is 12.1 Å². The Morgan fingerprint density at radius 1 is 1.21 bits per heavy atom. The summed E-state index contributed by atoms with van der Waals surface area (Å²) in [6.45, 7) is 0.0695. The summed E-state index contributed by atoms with van der Waals surface area (Å²) in [6, 6.07) is 4.77. The Balaban J connectivity index is 2.24. The van der Waals surface area contributed by atoms with Gasteiger partial charge in [0.2, 0.25) is 0 Å². The molecule has 1 aliphatic rings. The molecule has 0 radical (unpaired) electrons. The second kappa shape index (κ2) is 4.49. The topological polar surface area (TPSA) is 70.0 Å². The molecular formula is C10H9F3N2O3S. The molecule has 0 amide bonds. The van der Waals surface area contributed by atoms with Gasteiger partial charge in [0.05, 0.1) is 10.6 Å². The van der Waals surface area contributed by atoms with Gasteiger partial charge in [-0.15, -0.1) is 0 Å². The third-order valence-electron chi connectivity index (χ3n) is 2.56. The maximum Gasteiger partial charge on any atom is 0.431 e. The SMILES string of the molecule is O=S(=O)(O)c1ccc(N2CCC(C(F)(F)F)=N2)cc1. The summed E-state index contributed by atoms with van der Waals surface area (Å²) in [6.07, 6.45) is -4.67. The quantitative estimate of drug-likeness (QED) is 0.848. The molecule has 0 atom stereocenters. The lowest BCUT2D eigenvalue weighted by Gasteiger charge is -2.13. The first-order chi connectivity index (χ1) is 8.68. The summed E-state index contributed by atoms with van der Waals surface area (Å²) in [5.74, 6) is 0. The van der Waals surface area contributed by atoms with Gasteiger partial charge in [-0.2, -0.15) is 26.7 Å². The molecule has 1 aliphatic heterocycles. The van der Waals surface area contributed by atoms with Gasteiger partial charge in [-0.25, -0.2) is 0 Å². The largest absolute Gasteiger partial charge is 0.431 e. The highest BCUT2D eigenvalue weighted by molar-refractivity contribution is 7.85. The van der Waals surface area contributed by atoms with Crippen molar-refractivity contribution in [3.8, 4) is 0 Å². The van der Waals surface area contributed by atoms with Crippen molar-refractivity contribution in [1.29, 1.82) is 0 Å². The monoisotopic (exact) mass is 294 g/mol. The molecule has 0 saturated heterocycles. The standard InChI is InChI=1S/C10H9F3N2O3S/c11-10(12,13)9-5-6-15(14-9)7-1-3-8(4-2-7)19(16,17)18/h1-4H,5-6H2,(H,16,17,18). The van der Waals surface area contributed by atoms with Crippen LogP contribution in [0.2, 0.25) is 0 Å². The average Bonchev–Trinajstić information content (AvgIpc) is 2.77. The van der Waals surface area contributed by atoms with E-state index in [1.807, 2.05) is 0 Å².